The number of carbonyl (C=O) groups is 1. The molecule has 0 amide bonds. The van der Waals surface area contributed by atoms with Crippen LogP contribution in [-0.4, -0.2) is 18.1 Å². The van der Waals surface area contributed by atoms with Crippen LogP contribution in [0.3, 0.4) is 0 Å². The minimum atomic E-state index is -0.972. The van der Waals surface area contributed by atoms with Gasteiger partial charge in [0.2, 0.25) is 0 Å². The summed E-state index contributed by atoms with van der Waals surface area (Å²) in [6.07, 6.45) is 0.960. The summed E-state index contributed by atoms with van der Waals surface area (Å²) < 4.78 is 5.00. The summed E-state index contributed by atoms with van der Waals surface area (Å²) in [4.78, 5) is 11.8. The van der Waals surface area contributed by atoms with E-state index < -0.39 is 5.54 Å². The van der Waals surface area contributed by atoms with Crippen molar-refractivity contribution in [2.45, 2.75) is 32.2 Å². The van der Waals surface area contributed by atoms with Crippen LogP contribution in [0.1, 0.15) is 25.8 Å². The molecule has 0 fully saturated rings. The predicted molar refractivity (Wildman–Crippen MR) is 69.0 cm³/mol. The number of halogens is 1. The van der Waals surface area contributed by atoms with Gasteiger partial charge in [0.1, 0.15) is 5.54 Å². The van der Waals surface area contributed by atoms with Crippen LogP contribution in [0, 0.1) is 0 Å². The summed E-state index contributed by atoms with van der Waals surface area (Å²) in [5.41, 5.74) is 6.06. The Morgan fingerprint density at radius 2 is 2.18 bits per heavy atom. The zero-order valence-electron chi connectivity index (χ0n) is 10.2. The first-order valence-electron chi connectivity index (χ1n) is 5.72. The highest BCUT2D eigenvalue weighted by Gasteiger charge is 2.33. The monoisotopic (exact) mass is 255 g/mol. The molecule has 0 bridgehead atoms. The van der Waals surface area contributed by atoms with Gasteiger partial charge in [-0.15, -0.1) is 0 Å². The molecule has 2 N–H and O–H groups in total. The van der Waals surface area contributed by atoms with Crippen LogP contribution >= 0.6 is 11.6 Å². The number of nitrogens with two attached hydrogens (primary N) is 1. The van der Waals surface area contributed by atoms with E-state index in [-0.39, 0.29) is 5.97 Å². The molecule has 0 aliphatic heterocycles. The Morgan fingerprint density at radius 1 is 1.47 bits per heavy atom. The van der Waals surface area contributed by atoms with Crippen LogP contribution < -0.4 is 5.73 Å². The fraction of sp³-hybridized carbons (Fsp3) is 0.462. The van der Waals surface area contributed by atoms with Crippen molar-refractivity contribution in [3.8, 4) is 0 Å². The maximum Gasteiger partial charge on any atom is 0.326 e. The molecule has 1 aromatic carbocycles. The first-order chi connectivity index (χ1) is 8.01. The van der Waals surface area contributed by atoms with Gasteiger partial charge in [0, 0.05) is 11.4 Å². The van der Waals surface area contributed by atoms with Crippen molar-refractivity contribution in [3.05, 3.63) is 34.9 Å². The summed E-state index contributed by atoms with van der Waals surface area (Å²) in [6, 6.07) is 7.36. The molecule has 1 aromatic rings. The second kappa shape index (κ2) is 6.03. The normalized spacial score (nSPS) is 14.1. The van der Waals surface area contributed by atoms with E-state index in [0.717, 1.165) is 5.56 Å². The lowest BCUT2D eigenvalue weighted by Gasteiger charge is -2.25. The molecule has 3 nitrogen and oxygen atoms in total. The average molecular weight is 256 g/mol. The minimum Gasteiger partial charge on any atom is -0.465 e. The van der Waals surface area contributed by atoms with E-state index in [9.17, 15) is 4.79 Å². The Kier molecular flexibility index (Phi) is 4.97. The lowest BCUT2D eigenvalue weighted by Crippen LogP contribution is -2.50. The van der Waals surface area contributed by atoms with E-state index in [1.807, 2.05) is 25.1 Å². The Labute approximate surface area is 107 Å². The van der Waals surface area contributed by atoms with Gasteiger partial charge >= 0.3 is 5.97 Å². The second-order valence-corrected chi connectivity index (χ2v) is 4.47. The maximum atomic E-state index is 11.8. The third-order valence-electron chi connectivity index (χ3n) is 2.72. The number of hydrogen-bond donors (Lipinski definition) is 1. The molecule has 0 spiro atoms. The molecule has 94 valence electrons. The molecule has 0 aliphatic carbocycles. The molecule has 0 saturated heterocycles. The van der Waals surface area contributed by atoms with Crippen molar-refractivity contribution in [1.29, 1.82) is 0 Å². The standard InChI is InChI=1S/C13H18ClNO2/c1-3-13(15,12(16)17-4-2)9-10-6-5-7-11(14)8-10/h5-8H,3-4,9,15H2,1-2H3/t13-/m0/s1. The van der Waals surface area contributed by atoms with Crippen LogP contribution in [0.25, 0.3) is 0 Å². The van der Waals surface area contributed by atoms with Crippen LogP contribution in [0.5, 0.6) is 0 Å². The maximum absolute atomic E-state index is 11.8. The highest BCUT2D eigenvalue weighted by Crippen LogP contribution is 2.19. The van der Waals surface area contributed by atoms with Gasteiger partial charge in [-0.3, -0.25) is 4.79 Å². The Balaban J connectivity index is 2.85. The van der Waals surface area contributed by atoms with Crippen molar-refractivity contribution in [2.75, 3.05) is 6.61 Å². The second-order valence-electron chi connectivity index (χ2n) is 4.04. The number of ether oxygens (including phenoxy) is 1. The molecule has 1 atom stereocenters. The average Bonchev–Trinajstić information content (AvgIpc) is 2.29. The molecular weight excluding hydrogens is 238 g/mol. The van der Waals surface area contributed by atoms with Gasteiger partial charge in [-0.1, -0.05) is 30.7 Å². The van der Waals surface area contributed by atoms with Crippen LogP contribution in [0.15, 0.2) is 24.3 Å². The van der Waals surface area contributed by atoms with Crippen molar-refractivity contribution in [3.63, 3.8) is 0 Å². The van der Waals surface area contributed by atoms with E-state index in [1.165, 1.54) is 0 Å². The largest absolute Gasteiger partial charge is 0.465 e. The molecule has 4 heteroatoms. The zero-order valence-corrected chi connectivity index (χ0v) is 11.0. The number of hydrogen-bond acceptors (Lipinski definition) is 3. The van der Waals surface area contributed by atoms with Crippen molar-refractivity contribution in [1.82, 2.24) is 0 Å². The molecule has 0 heterocycles. The Morgan fingerprint density at radius 3 is 2.71 bits per heavy atom. The summed E-state index contributed by atoms with van der Waals surface area (Å²) in [6.45, 7) is 3.99. The summed E-state index contributed by atoms with van der Waals surface area (Å²) in [5.74, 6) is -0.359. The number of carbonyl (C=O) groups excluding carboxylic acids is 1. The third-order valence-corrected chi connectivity index (χ3v) is 2.96. The Bertz CT molecular complexity index is 395. The number of benzene rings is 1. The van der Waals surface area contributed by atoms with Crippen molar-refractivity contribution in [2.24, 2.45) is 5.73 Å². The molecule has 1 rings (SSSR count). The van der Waals surface area contributed by atoms with Crippen LogP contribution in [0.2, 0.25) is 5.02 Å². The first-order valence-corrected chi connectivity index (χ1v) is 6.10. The third kappa shape index (κ3) is 3.72. The van der Waals surface area contributed by atoms with E-state index in [1.54, 1.807) is 13.0 Å². The van der Waals surface area contributed by atoms with Crippen LogP contribution in [0.4, 0.5) is 0 Å². The van der Waals surface area contributed by atoms with Gasteiger partial charge in [0.25, 0.3) is 0 Å². The molecule has 0 aromatic heterocycles. The summed E-state index contributed by atoms with van der Waals surface area (Å²) in [5, 5.41) is 0.643. The smallest absolute Gasteiger partial charge is 0.326 e. The van der Waals surface area contributed by atoms with Gasteiger partial charge in [0.15, 0.2) is 0 Å². The number of esters is 1. The fourth-order valence-corrected chi connectivity index (χ4v) is 1.84. The topological polar surface area (TPSA) is 52.3 Å². The summed E-state index contributed by atoms with van der Waals surface area (Å²) in [7, 11) is 0. The minimum absolute atomic E-state index is 0.341. The van der Waals surface area contributed by atoms with Gasteiger partial charge in [-0.2, -0.15) is 0 Å². The van der Waals surface area contributed by atoms with Crippen LogP contribution in [-0.2, 0) is 16.0 Å². The van der Waals surface area contributed by atoms with Crippen molar-refractivity contribution < 1.29 is 9.53 Å². The fourth-order valence-electron chi connectivity index (χ4n) is 1.63. The van der Waals surface area contributed by atoms with Crippen molar-refractivity contribution >= 4 is 17.6 Å². The SMILES string of the molecule is CCOC(=O)[C@](N)(CC)Cc1cccc(Cl)c1. The highest BCUT2D eigenvalue weighted by molar-refractivity contribution is 6.30. The van der Waals surface area contributed by atoms with E-state index >= 15 is 0 Å². The lowest BCUT2D eigenvalue weighted by molar-refractivity contribution is -0.149. The van der Waals surface area contributed by atoms with Gasteiger partial charge in [0.05, 0.1) is 6.61 Å². The van der Waals surface area contributed by atoms with Gasteiger partial charge in [-0.05, 0) is 31.0 Å². The van der Waals surface area contributed by atoms with E-state index in [4.69, 9.17) is 22.1 Å². The molecule has 0 aliphatic rings. The van der Waals surface area contributed by atoms with E-state index in [2.05, 4.69) is 0 Å². The van der Waals surface area contributed by atoms with Gasteiger partial charge < -0.3 is 10.5 Å². The zero-order chi connectivity index (χ0) is 12.9. The summed E-state index contributed by atoms with van der Waals surface area (Å²) >= 11 is 5.90. The molecule has 17 heavy (non-hydrogen) atoms. The van der Waals surface area contributed by atoms with E-state index in [0.29, 0.717) is 24.5 Å². The lowest BCUT2D eigenvalue weighted by atomic mass is 9.89. The molecule has 0 radical (unpaired) electrons. The first kappa shape index (κ1) is 14.0. The molecular formula is C13H18ClNO2. The Hall–Kier alpha value is -1.06. The molecule has 0 saturated carbocycles. The number of rotatable bonds is 5. The predicted octanol–water partition coefficient (Wildman–Crippen LogP) is 2.55. The molecule has 0 unspecified atom stereocenters. The quantitative estimate of drug-likeness (QED) is 0.823. The van der Waals surface area contributed by atoms with Gasteiger partial charge in [-0.25, -0.2) is 0 Å². The highest BCUT2D eigenvalue weighted by atomic mass is 35.5.